The van der Waals surface area contributed by atoms with E-state index in [0.717, 1.165) is 6.26 Å². The zero-order valence-electron chi connectivity index (χ0n) is 10.8. The first kappa shape index (κ1) is 12.3. The average Bonchev–Trinajstić information content (AvgIpc) is 3.30. The molecule has 0 saturated heterocycles. The minimum absolute atomic E-state index is 0.0196. The fourth-order valence-electron chi connectivity index (χ4n) is 2.76. The Morgan fingerprint density at radius 1 is 1.32 bits per heavy atom. The van der Waals surface area contributed by atoms with E-state index in [1.165, 1.54) is 31.7 Å². The molecule has 1 amide bonds. The Morgan fingerprint density at radius 2 is 1.89 bits per heavy atom. The first-order chi connectivity index (χ1) is 9.08. The lowest BCUT2D eigenvalue weighted by atomic mass is 10.1. The average molecular weight is 263 g/mol. The summed E-state index contributed by atoms with van der Waals surface area (Å²) in [5, 5.41) is 8.84. The molecule has 1 heterocycles. The van der Waals surface area contributed by atoms with E-state index in [2.05, 4.69) is 0 Å². The van der Waals surface area contributed by atoms with E-state index in [1.807, 2.05) is 0 Å². The van der Waals surface area contributed by atoms with Crippen molar-refractivity contribution >= 4 is 11.9 Å². The molecule has 5 nitrogen and oxygen atoms in total. The quantitative estimate of drug-likeness (QED) is 0.884. The van der Waals surface area contributed by atoms with Crippen LogP contribution in [0.25, 0.3) is 0 Å². The summed E-state index contributed by atoms with van der Waals surface area (Å²) in [4.78, 5) is 24.9. The van der Waals surface area contributed by atoms with E-state index in [9.17, 15) is 9.59 Å². The van der Waals surface area contributed by atoms with Crippen molar-refractivity contribution in [1.82, 2.24) is 4.90 Å². The van der Waals surface area contributed by atoms with Gasteiger partial charge < -0.3 is 14.4 Å². The van der Waals surface area contributed by atoms with Crippen LogP contribution in [-0.2, 0) is 0 Å². The van der Waals surface area contributed by atoms with Crippen LogP contribution < -0.4 is 0 Å². The van der Waals surface area contributed by atoms with Crippen molar-refractivity contribution in [2.45, 2.75) is 31.7 Å². The summed E-state index contributed by atoms with van der Waals surface area (Å²) in [5.74, 6) is 0.0691. The summed E-state index contributed by atoms with van der Waals surface area (Å²) in [6.45, 7) is 0. The number of carboxylic acids is 1. The number of amides is 1. The van der Waals surface area contributed by atoms with Crippen molar-refractivity contribution in [2.24, 2.45) is 11.8 Å². The number of aromatic carboxylic acids is 1. The first-order valence-electron chi connectivity index (χ1n) is 6.67. The highest BCUT2D eigenvalue weighted by molar-refractivity contribution is 5.95. The fourth-order valence-corrected chi connectivity index (χ4v) is 2.76. The standard InChI is InChI=1S/C14H17NO4/c1-15(12(8-2-3-8)9-4-5-9)13(16)11-6-10(7-19-11)14(17)18/h6-9,12H,2-5H2,1H3,(H,17,18). The zero-order valence-corrected chi connectivity index (χ0v) is 10.8. The van der Waals surface area contributed by atoms with Crippen LogP contribution in [0.4, 0.5) is 0 Å². The molecule has 0 atom stereocenters. The molecule has 2 fully saturated rings. The number of nitrogens with zero attached hydrogens (tertiary/aromatic N) is 1. The molecule has 102 valence electrons. The molecule has 1 aromatic heterocycles. The van der Waals surface area contributed by atoms with Gasteiger partial charge in [0.15, 0.2) is 5.76 Å². The van der Waals surface area contributed by atoms with E-state index >= 15 is 0 Å². The van der Waals surface area contributed by atoms with Gasteiger partial charge in [0.25, 0.3) is 5.91 Å². The molecule has 2 aliphatic rings. The monoisotopic (exact) mass is 263 g/mol. The van der Waals surface area contributed by atoms with Crippen molar-refractivity contribution in [3.05, 3.63) is 23.7 Å². The topological polar surface area (TPSA) is 70.8 Å². The molecule has 1 aromatic rings. The second-order valence-corrected chi connectivity index (χ2v) is 5.59. The Kier molecular flexibility index (Phi) is 2.84. The maximum Gasteiger partial charge on any atom is 0.338 e. The lowest BCUT2D eigenvalue weighted by Crippen LogP contribution is -2.39. The van der Waals surface area contributed by atoms with Gasteiger partial charge in [0.05, 0.1) is 5.56 Å². The van der Waals surface area contributed by atoms with Gasteiger partial charge >= 0.3 is 5.97 Å². The molecular weight excluding hydrogens is 246 g/mol. The Bertz CT molecular complexity index is 501. The van der Waals surface area contributed by atoms with E-state index in [-0.39, 0.29) is 17.2 Å². The van der Waals surface area contributed by atoms with Gasteiger partial charge in [0.1, 0.15) is 6.26 Å². The number of carbonyl (C=O) groups excluding carboxylic acids is 1. The molecule has 0 aromatic carbocycles. The number of rotatable bonds is 5. The number of carbonyl (C=O) groups is 2. The molecule has 19 heavy (non-hydrogen) atoms. The SMILES string of the molecule is CN(C(=O)c1cc(C(=O)O)co1)C(C1CC1)C1CC1. The summed E-state index contributed by atoms with van der Waals surface area (Å²) in [6.07, 6.45) is 5.88. The van der Waals surface area contributed by atoms with Crippen molar-refractivity contribution in [2.75, 3.05) is 7.05 Å². The Hall–Kier alpha value is -1.78. The Labute approximate surface area is 111 Å². The van der Waals surface area contributed by atoms with E-state index in [1.54, 1.807) is 11.9 Å². The Balaban J connectivity index is 1.75. The van der Waals surface area contributed by atoms with E-state index in [0.29, 0.717) is 17.9 Å². The van der Waals surface area contributed by atoms with E-state index < -0.39 is 5.97 Å². The molecule has 1 N–H and O–H groups in total. The fraction of sp³-hybridized carbons (Fsp3) is 0.571. The number of carboxylic acid groups (broad SMARTS) is 1. The third-order valence-corrected chi connectivity index (χ3v) is 4.03. The molecule has 0 aliphatic heterocycles. The molecule has 0 radical (unpaired) electrons. The van der Waals surface area contributed by atoms with Crippen LogP contribution >= 0.6 is 0 Å². The first-order valence-corrected chi connectivity index (χ1v) is 6.67. The smallest absolute Gasteiger partial charge is 0.338 e. The van der Waals surface area contributed by atoms with Crippen LogP contribution in [-0.4, -0.2) is 35.0 Å². The highest BCUT2D eigenvalue weighted by Crippen LogP contribution is 2.47. The van der Waals surface area contributed by atoms with Crippen LogP contribution in [0, 0.1) is 11.8 Å². The second kappa shape index (κ2) is 4.40. The van der Waals surface area contributed by atoms with Gasteiger partial charge in [0.2, 0.25) is 0 Å². The minimum atomic E-state index is -1.08. The zero-order chi connectivity index (χ0) is 13.6. The second-order valence-electron chi connectivity index (χ2n) is 5.59. The summed E-state index contributed by atoms with van der Waals surface area (Å²) >= 11 is 0. The largest absolute Gasteiger partial charge is 0.478 e. The van der Waals surface area contributed by atoms with Crippen molar-refractivity contribution in [3.8, 4) is 0 Å². The van der Waals surface area contributed by atoms with Crippen LogP contribution in [0.1, 0.15) is 46.6 Å². The number of furan rings is 1. The molecule has 0 spiro atoms. The lowest BCUT2D eigenvalue weighted by Gasteiger charge is -2.27. The number of hydrogen-bond acceptors (Lipinski definition) is 3. The molecule has 5 heteroatoms. The van der Waals surface area contributed by atoms with Crippen LogP contribution in [0.15, 0.2) is 16.7 Å². The molecular formula is C14H17NO4. The van der Waals surface area contributed by atoms with Gasteiger partial charge in [-0.15, -0.1) is 0 Å². The summed E-state index contributed by atoms with van der Waals surface area (Å²) in [6, 6.07) is 1.60. The Morgan fingerprint density at radius 3 is 2.32 bits per heavy atom. The minimum Gasteiger partial charge on any atom is -0.478 e. The normalized spacial score (nSPS) is 18.6. The van der Waals surface area contributed by atoms with Crippen LogP contribution in [0.3, 0.4) is 0 Å². The van der Waals surface area contributed by atoms with Crippen molar-refractivity contribution in [1.29, 1.82) is 0 Å². The third-order valence-electron chi connectivity index (χ3n) is 4.03. The van der Waals surface area contributed by atoms with Gasteiger partial charge in [-0.2, -0.15) is 0 Å². The highest BCUT2D eigenvalue weighted by Gasteiger charge is 2.45. The van der Waals surface area contributed by atoms with Crippen molar-refractivity contribution < 1.29 is 19.1 Å². The van der Waals surface area contributed by atoms with Gasteiger partial charge in [-0.1, -0.05) is 0 Å². The molecule has 0 unspecified atom stereocenters. The molecule has 2 aliphatic carbocycles. The number of hydrogen-bond donors (Lipinski definition) is 1. The highest BCUT2D eigenvalue weighted by atomic mass is 16.4. The summed E-state index contributed by atoms with van der Waals surface area (Å²) in [7, 11) is 1.80. The van der Waals surface area contributed by atoms with Gasteiger partial charge in [-0.25, -0.2) is 4.79 Å². The van der Waals surface area contributed by atoms with Crippen LogP contribution in [0.2, 0.25) is 0 Å². The predicted molar refractivity (Wildman–Crippen MR) is 67.0 cm³/mol. The maximum atomic E-state index is 12.3. The summed E-state index contributed by atoms with van der Waals surface area (Å²) < 4.78 is 5.09. The molecule has 0 bridgehead atoms. The van der Waals surface area contributed by atoms with Crippen molar-refractivity contribution in [3.63, 3.8) is 0 Å². The maximum absolute atomic E-state index is 12.3. The van der Waals surface area contributed by atoms with E-state index in [4.69, 9.17) is 9.52 Å². The third kappa shape index (κ3) is 2.37. The lowest BCUT2D eigenvalue weighted by molar-refractivity contribution is 0.0656. The van der Waals surface area contributed by atoms with Gasteiger partial charge in [0, 0.05) is 19.2 Å². The van der Waals surface area contributed by atoms with Gasteiger partial charge in [-0.3, -0.25) is 4.79 Å². The van der Waals surface area contributed by atoms with Gasteiger partial charge in [-0.05, 0) is 37.5 Å². The van der Waals surface area contributed by atoms with Crippen LogP contribution in [0.5, 0.6) is 0 Å². The predicted octanol–water partition coefficient (Wildman–Crippen LogP) is 2.24. The summed E-state index contributed by atoms with van der Waals surface area (Å²) in [5.41, 5.74) is 0.0196. The molecule has 3 rings (SSSR count). The molecule has 2 saturated carbocycles.